The lowest BCUT2D eigenvalue weighted by atomic mass is 10.1. The number of amides is 1. The number of oxazole rings is 1. The third kappa shape index (κ3) is 4.57. The number of carbonyl (C=O) groups is 1. The van der Waals surface area contributed by atoms with E-state index in [1.165, 1.54) is 5.56 Å². The number of halogens is 1. The Morgan fingerprint density at radius 2 is 2.04 bits per heavy atom. The van der Waals surface area contributed by atoms with Crippen molar-refractivity contribution in [1.29, 1.82) is 0 Å². The van der Waals surface area contributed by atoms with Crippen molar-refractivity contribution >= 4 is 27.5 Å². The maximum Gasteiger partial charge on any atom is 0.224 e. The monoisotopic (exact) mass is 398 g/mol. The number of hydrogen-bond donors (Lipinski definition) is 1. The van der Waals surface area contributed by atoms with Crippen LogP contribution in [0.4, 0.5) is 5.69 Å². The third-order valence-corrected chi connectivity index (χ3v) is 4.38. The van der Waals surface area contributed by atoms with Gasteiger partial charge in [-0.3, -0.25) is 4.79 Å². The number of rotatable bonds is 5. The summed E-state index contributed by atoms with van der Waals surface area (Å²) >= 11 is 3.44. The van der Waals surface area contributed by atoms with Crippen LogP contribution >= 0.6 is 15.9 Å². The number of anilines is 1. The van der Waals surface area contributed by atoms with Gasteiger partial charge in [-0.05, 0) is 37.6 Å². The molecule has 4 nitrogen and oxygen atoms in total. The second-order valence-electron chi connectivity index (χ2n) is 6.00. The Kier molecular flexibility index (Phi) is 5.34. The number of carbonyl (C=O) groups excluding carboxylic acids is 1. The average Bonchev–Trinajstić information content (AvgIpc) is 3.05. The maximum atomic E-state index is 12.2. The Labute approximate surface area is 155 Å². The van der Waals surface area contributed by atoms with Gasteiger partial charge in [0.05, 0.1) is 6.20 Å². The molecule has 0 fully saturated rings. The van der Waals surface area contributed by atoms with Crippen LogP contribution in [0.1, 0.15) is 23.4 Å². The summed E-state index contributed by atoms with van der Waals surface area (Å²) in [6.45, 7) is 4.02. The molecule has 3 rings (SSSR count). The van der Waals surface area contributed by atoms with Crippen LogP contribution in [-0.4, -0.2) is 10.9 Å². The lowest BCUT2D eigenvalue weighted by Gasteiger charge is -2.08. The van der Waals surface area contributed by atoms with Crippen LogP contribution in [0.2, 0.25) is 0 Å². The van der Waals surface area contributed by atoms with Gasteiger partial charge in [0.2, 0.25) is 5.91 Å². The van der Waals surface area contributed by atoms with Crippen LogP contribution in [-0.2, 0) is 11.2 Å². The molecule has 0 radical (unpaired) electrons. The third-order valence-electron chi connectivity index (χ3n) is 3.88. The first-order valence-corrected chi connectivity index (χ1v) is 8.88. The molecule has 0 aliphatic carbocycles. The van der Waals surface area contributed by atoms with Crippen LogP contribution in [0, 0.1) is 13.8 Å². The van der Waals surface area contributed by atoms with Gasteiger partial charge in [0.25, 0.3) is 0 Å². The van der Waals surface area contributed by atoms with Crippen molar-refractivity contribution in [2.45, 2.75) is 26.7 Å². The topological polar surface area (TPSA) is 55.1 Å². The Morgan fingerprint density at radius 3 is 2.80 bits per heavy atom. The fourth-order valence-electron chi connectivity index (χ4n) is 2.59. The van der Waals surface area contributed by atoms with Crippen LogP contribution in [0.15, 0.2) is 57.6 Å². The Bertz CT molecular complexity index is 902. The molecule has 128 valence electrons. The van der Waals surface area contributed by atoms with E-state index in [1.54, 1.807) is 6.20 Å². The predicted molar refractivity (Wildman–Crippen MR) is 103 cm³/mol. The van der Waals surface area contributed by atoms with E-state index in [-0.39, 0.29) is 5.91 Å². The van der Waals surface area contributed by atoms with Gasteiger partial charge in [-0.2, -0.15) is 0 Å². The molecule has 0 saturated heterocycles. The molecule has 5 heteroatoms. The van der Waals surface area contributed by atoms with Crippen molar-refractivity contribution in [2.75, 3.05) is 5.32 Å². The van der Waals surface area contributed by atoms with Gasteiger partial charge in [-0.15, -0.1) is 0 Å². The summed E-state index contributed by atoms with van der Waals surface area (Å²) in [4.78, 5) is 16.4. The second kappa shape index (κ2) is 7.66. The fourth-order valence-corrected chi connectivity index (χ4v) is 2.99. The van der Waals surface area contributed by atoms with Gasteiger partial charge in [0.1, 0.15) is 0 Å². The molecule has 2 aromatic carbocycles. The van der Waals surface area contributed by atoms with Gasteiger partial charge in [0, 0.05) is 28.6 Å². The van der Waals surface area contributed by atoms with E-state index in [9.17, 15) is 4.79 Å². The van der Waals surface area contributed by atoms with Crippen molar-refractivity contribution in [3.63, 3.8) is 0 Å². The Balaban J connectivity index is 1.59. The molecule has 0 aliphatic rings. The van der Waals surface area contributed by atoms with Gasteiger partial charge in [-0.25, -0.2) is 4.98 Å². The summed E-state index contributed by atoms with van der Waals surface area (Å²) in [5.74, 6) is 1.21. The number of aromatic nitrogens is 1. The molecule has 1 heterocycles. The quantitative estimate of drug-likeness (QED) is 0.634. The zero-order chi connectivity index (χ0) is 17.8. The van der Waals surface area contributed by atoms with Crippen molar-refractivity contribution in [2.24, 2.45) is 0 Å². The summed E-state index contributed by atoms with van der Waals surface area (Å²) in [5, 5.41) is 2.94. The number of aryl methyl sites for hydroxylation is 3. The molecular formula is C20H19BrN2O2. The Hall–Kier alpha value is -2.40. The largest absolute Gasteiger partial charge is 0.441 e. The van der Waals surface area contributed by atoms with Crippen molar-refractivity contribution in [3.05, 3.63) is 70.2 Å². The molecular weight excluding hydrogens is 380 g/mol. The summed E-state index contributed by atoms with van der Waals surface area (Å²) < 4.78 is 6.74. The van der Waals surface area contributed by atoms with Crippen molar-refractivity contribution in [1.82, 2.24) is 4.98 Å². The minimum absolute atomic E-state index is 0.0471. The summed E-state index contributed by atoms with van der Waals surface area (Å²) in [7, 11) is 0. The number of benzene rings is 2. The van der Waals surface area contributed by atoms with Gasteiger partial charge in [0.15, 0.2) is 11.7 Å². The van der Waals surface area contributed by atoms with Crippen molar-refractivity contribution in [3.8, 4) is 11.3 Å². The molecule has 0 bridgehead atoms. The minimum atomic E-state index is -0.0471. The van der Waals surface area contributed by atoms with Crippen LogP contribution in [0.25, 0.3) is 11.3 Å². The van der Waals surface area contributed by atoms with Gasteiger partial charge < -0.3 is 9.73 Å². The normalized spacial score (nSPS) is 10.7. The SMILES string of the molecule is Cc1ccc(NC(=O)CCc2ncc(-c3cccc(Br)c3)o2)c(C)c1. The van der Waals surface area contributed by atoms with E-state index in [4.69, 9.17) is 4.42 Å². The molecule has 0 spiro atoms. The minimum Gasteiger partial charge on any atom is -0.441 e. The van der Waals surface area contributed by atoms with Gasteiger partial charge >= 0.3 is 0 Å². The first-order valence-electron chi connectivity index (χ1n) is 8.09. The maximum absolute atomic E-state index is 12.2. The van der Waals surface area contributed by atoms with E-state index in [2.05, 4.69) is 26.2 Å². The van der Waals surface area contributed by atoms with E-state index < -0.39 is 0 Å². The number of hydrogen-bond acceptors (Lipinski definition) is 3. The smallest absolute Gasteiger partial charge is 0.224 e. The second-order valence-corrected chi connectivity index (χ2v) is 6.91. The van der Waals surface area contributed by atoms with E-state index >= 15 is 0 Å². The first kappa shape index (κ1) is 17.4. The van der Waals surface area contributed by atoms with Gasteiger partial charge in [-0.1, -0.05) is 45.8 Å². The molecule has 0 saturated carbocycles. The fraction of sp³-hybridized carbons (Fsp3) is 0.200. The standard InChI is InChI=1S/C20H19BrN2O2/c1-13-6-7-17(14(2)10-13)23-19(24)8-9-20-22-12-18(25-20)15-4-3-5-16(21)11-15/h3-7,10-12H,8-9H2,1-2H3,(H,23,24). The van der Waals surface area contributed by atoms with Crippen molar-refractivity contribution < 1.29 is 9.21 Å². The van der Waals surface area contributed by atoms with Crippen LogP contribution < -0.4 is 5.32 Å². The van der Waals surface area contributed by atoms with Crippen LogP contribution in [0.5, 0.6) is 0 Å². The summed E-state index contributed by atoms with van der Waals surface area (Å²) in [6, 6.07) is 13.8. The van der Waals surface area contributed by atoms with E-state index in [0.717, 1.165) is 21.3 Å². The van der Waals surface area contributed by atoms with E-state index in [1.807, 2.05) is 56.3 Å². The molecule has 25 heavy (non-hydrogen) atoms. The van der Waals surface area contributed by atoms with Crippen LogP contribution in [0.3, 0.4) is 0 Å². The zero-order valence-corrected chi connectivity index (χ0v) is 15.8. The highest BCUT2D eigenvalue weighted by Crippen LogP contribution is 2.24. The number of nitrogens with one attached hydrogen (secondary N) is 1. The predicted octanol–water partition coefficient (Wildman–Crippen LogP) is 5.29. The van der Waals surface area contributed by atoms with E-state index in [0.29, 0.717) is 24.5 Å². The highest BCUT2D eigenvalue weighted by atomic mass is 79.9. The lowest BCUT2D eigenvalue weighted by Crippen LogP contribution is -2.13. The molecule has 0 aliphatic heterocycles. The summed E-state index contributed by atoms with van der Waals surface area (Å²) in [5.41, 5.74) is 4.03. The average molecular weight is 399 g/mol. The molecule has 1 N–H and O–H groups in total. The Morgan fingerprint density at radius 1 is 1.20 bits per heavy atom. The highest BCUT2D eigenvalue weighted by Gasteiger charge is 2.10. The highest BCUT2D eigenvalue weighted by molar-refractivity contribution is 9.10. The lowest BCUT2D eigenvalue weighted by molar-refractivity contribution is -0.116. The molecule has 0 atom stereocenters. The molecule has 0 unspecified atom stereocenters. The molecule has 1 amide bonds. The zero-order valence-electron chi connectivity index (χ0n) is 14.2. The number of nitrogens with zero attached hydrogens (tertiary/aromatic N) is 1. The summed E-state index contributed by atoms with van der Waals surface area (Å²) in [6.07, 6.45) is 2.48. The first-order chi connectivity index (χ1) is 12.0. The molecule has 1 aromatic heterocycles. The molecule has 3 aromatic rings.